The molecule has 35 heavy (non-hydrogen) atoms. The number of carbonyl (C=O) groups is 1. The molecule has 1 aromatic carbocycles. The molecule has 184 valence electrons. The van der Waals surface area contributed by atoms with Gasteiger partial charge in [-0.3, -0.25) is 4.79 Å². The molecule has 5 rings (SSSR count). The molecule has 1 N–H and O–H groups in total. The molecule has 7 nitrogen and oxygen atoms in total. The van der Waals surface area contributed by atoms with Gasteiger partial charge < -0.3 is 10.2 Å². The number of aryl methyl sites for hydroxylation is 3. The van der Waals surface area contributed by atoms with Gasteiger partial charge in [0.15, 0.2) is 5.82 Å². The number of benzene rings is 1. The fourth-order valence-corrected chi connectivity index (χ4v) is 5.44. The molecule has 1 aliphatic heterocycles. The molecule has 1 fully saturated rings. The molecule has 0 spiro atoms. The number of aromatic nitrogens is 4. The Hall–Kier alpha value is -3.22. The number of hydrogen-bond donors (Lipinski definition) is 1. The van der Waals surface area contributed by atoms with E-state index in [4.69, 9.17) is 5.10 Å². The lowest BCUT2D eigenvalue weighted by Crippen LogP contribution is -2.41. The minimum Gasteiger partial charge on any atom is -0.356 e. The number of nitrogens with one attached hydrogen (secondary N) is 1. The molecule has 0 unspecified atom stereocenters. The fraction of sp³-hybridized carbons (Fsp3) is 0.500. The second kappa shape index (κ2) is 10.2. The number of anilines is 1. The molecule has 1 aliphatic carbocycles. The third-order valence-electron chi connectivity index (χ3n) is 7.56. The van der Waals surface area contributed by atoms with Gasteiger partial charge in [-0.2, -0.15) is 10.2 Å². The molecular weight excluding hydrogens is 436 g/mol. The fourth-order valence-electron chi connectivity index (χ4n) is 5.44. The summed E-state index contributed by atoms with van der Waals surface area (Å²) in [6, 6.07) is 8.40. The largest absolute Gasteiger partial charge is 0.356 e. The topological polar surface area (TPSA) is 75.9 Å². The Bertz CT molecular complexity index is 1230. The Morgan fingerprint density at radius 2 is 1.83 bits per heavy atom. The van der Waals surface area contributed by atoms with Crippen molar-refractivity contribution in [3.05, 3.63) is 52.9 Å². The van der Waals surface area contributed by atoms with Crippen molar-refractivity contribution >= 4 is 22.6 Å². The number of hydrogen-bond acceptors (Lipinski definition) is 5. The van der Waals surface area contributed by atoms with E-state index in [0.29, 0.717) is 0 Å². The molecule has 3 heterocycles. The number of amides is 1. The number of fused-ring (bicyclic) bond motifs is 1. The summed E-state index contributed by atoms with van der Waals surface area (Å²) in [5.74, 6) is 1.08. The zero-order chi connectivity index (χ0) is 24.4. The van der Waals surface area contributed by atoms with Gasteiger partial charge in [-0.1, -0.05) is 29.3 Å². The van der Waals surface area contributed by atoms with Gasteiger partial charge >= 0.3 is 0 Å². The average molecular weight is 473 g/mol. The van der Waals surface area contributed by atoms with Gasteiger partial charge in [0.05, 0.1) is 22.5 Å². The van der Waals surface area contributed by atoms with Crippen LogP contribution in [0.25, 0.3) is 16.6 Å². The van der Waals surface area contributed by atoms with Crippen LogP contribution < -0.4 is 10.2 Å². The van der Waals surface area contributed by atoms with E-state index in [-0.39, 0.29) is 11.8 Å². The maximum Gasteiger partial charge on any atom is 0.223 e. The van der Waals surface area contributed by atoms with Crippen LogP contribution in [0.3, 0.4) is 0 Å². The summed E-state index contributed by atoms with van der Waals surface area (Å²) in [6.45, 7) is 8.50. The van der Waals surface area contributed by atoms with Crippen molar-refractivity contribution in [2.45, 2.75) is 65.7 Å². The van der Waals surface area contributed by atoms with Crippen LogP contribution in [-0.4, -0.2) is 45.5 Å². The van der Waals surface area contributed by atoms with Gasteiger partial charge in [-0.15, -0.1) is 5.10 Å². The minimum atomic E-state index is 0.0623. The van der Waals surface area contributed by atoms with E-state index in [1.54, 1.807) is 0 Å². The Kier molecular flexibility index (Phi) is 6.84. The van der Waals surface area contributed by atoms with Gasteiger partial charge in [0, 0.05) is 25.6 Å². The lowest BCUT2D eigenvalue weighted by atomic mass is 9.95. The predicted molar refractivity (Wildman–Crippen MR) is 140 cm³/mol. The Morgan fingerprint density at radius 3 is 2.54 bits per heavy atom. The highest BCUT2D eigenvalue weighted by molar-refractivity contribution is 5.92. The molecule has 1 saturated heterocycles. The second-order valence-corrected chi connectivity index (χ2v) is 10.1. The molecular formula is C28H36N6O. The maximum atomic E-state index is 12.8. The van der Waals surface area contributed by atoms with Crippen LogP contribution in [-0.2, 0) is 4.79 Å². The summed E-state index contributed by atoms with van der Waals surface area (Å²) in [7, 11) is 0. The minimum absolute atomic E-state index is 0.0623. The molecule has 2 aliphatic rings. The number of nitrogens with zero attached hydrogens (tertiary/aromatic N) is 5. The molecule has 3 aromatic rings. The van der Waals surface area contributed by atoms with E-state index in [9.17, 15) is 4.79 Å². The monoisotopic (exact) mass is 472 g/mol. The van der Waals surface area contributed by atoms with E-state index in [1.807, 2.05) is 11.6 Å². The van der Waals surface area contributed by atoms with Crippen molar-refractivity contribution in [1.29, 1.82) is 0 Å². The molecule has 0 radical (unpaired) electrons. The first-order valence-electron chi connectivity index (χ1n) is 13.0. The normalized spacial score (nSPS) is 17.0. The van der Waals surface area contributed by atoms with Crippen molar-refractivity contribution in [3.8, 4) is 5.69 Å². The highest BCUT2D eigenvalue weighted by Gasteiger charge is 2.28. The predicted octanol–water partition coefficient (Wildman–Crippen LogP) is 4.96. The summed E-state index contributed by atoms with van der Waals surface area (Å²) in [5, 5.41) is 18.3. The number of rotatable bonds is 6. The maximum absolute atomic E-state index is 12.8. The highest BCUT2D eigenvalue weighted by Crippen LogP contribution is 2.31. The molecule has 2 aromatic heterocycles. The number of allylic oxidation sites excluding steroid dienone is 1. The van der Waals surface area contributed by atoms with Crippen LogP contribution in [0.1, 0.15) is 61.9 Å². The first kappa shape index (κ1) is 23.5. The van der Waals surface area contributed by atoms with E-state index in [1.165, 1.54) is 36.8 Å². The zero-order valence-electron chi connectivity index (χ0n) is 21.2. The van der Waals surface area contributed by atoms with E-state index < -0.39 is 0 Å². The average Bonchev–Trinajstić information content (AvgIpc) is 3.23. The smallest absolute Gasteiger partial charge is 0.223 e. The van der Waals surface area contributed by atoms with Gasteiger partial charge in [0.1, 0.15) is 5.52 Å². The molecule has 1 amide bonds. The third-order valence-corrected chi connectivity index (χ3v) is 7.56. The van der Waals surface area contributed by atoms with Crippen molar-refractivity contribution in [1.82, 2.24) is 25.3 Å². The summed E-state index contributed by atoms with van der Waals surface area (Å²) in [5.41, 5.74) is 6.62. The molecule has 0 bridgehead atoms. The van der Waals surface area contributed by atoms with Crippen LogP contribution in [0.5, 0.6) is 0 Å². The Labute approximate surface area is 207 Å². The van der Waals surface area contributed by atoms with Crippen LogP contribution in [0.2, 0.25) is 0 Å². The van der Waals surface area contributed by atoms with E-state index in [2.05, 4.69) is 64.6 Å². The van der Waals surface area contributed by atoms with E-state index >= 15 is 0 Å². The van der Waals surface area contributed by atoms with Crippen LogP contribution in [0, 0.1) is 26.7 Å². The zero-order valence-corrected chi connectivity index (χ0v) is 21.2. The van der Waals surface area contributed by atoms with Gasteiger partial charge in [0.2, 0.25) is 5.91 Å². The lowest BCUT2D eigenvalue weighted by molar-refractivity contribution is -0.125. The molecule has 0 atom stereocenters. The van der Waals surface area contributed by atoms with Crippen molar-refractivity contribution in [2.24, 2.45) is 5.92 Å². The number of piperidine rings is 1. The highest BCUT2D eigenvalue weighted by atomic mass is 16.1. The summed E-state index contributed by atoms with van der Waals surface area (Å²) in [4.78, 5) is 15.0. The molecule has 0 saturated carbocycles. The summed E-state index contributed by atoms with van der Waals surface area (Å²) >= 11 is 0. The van der Waals surface area contributed by atoms with Gasteiger partial charge in [0.25, 0.3) is 0 Å². The first-order chi connectivity index (χ1) is 17.0. The summed E-state index contributed by atoms with van der Waals surface area (Å²) in [6.07, 6.45) is 9.98. The quantitative estimate of drug-likeness (QED) is 0.513. The lowest BCUT2D eigenvalue weighted by Gasteiger charge is -2.32. The third kappa shape index (κ3) is 4.95. The van der Waals surface area contributed by atoms with Gasteiger partial charge in [-0.25, -0.2) is 4.68 Å². The van der Waals surface area contributed by atoms with Gasteiger partial charge in [-0.05, 0) is 77.8 Å². The second-order valence-electron chi connectivity index (χ2n) is 10.1. The van der Waals surface area contributed by atoms with E-state index in [0.717, 1.165) is 72.7 Å². The van der Waals surface area contributed by atoms with Crippen LogP contribution in [0.15, 0.2) is 35.9 Å². The molecule has 7 heteroatoms. The van der Waals surface area contributed by atoms with Crippen LogP contribution in [0.4, 0.5) is 5.82 Å². The number of carbonyl (C=O) groups excluding carboxylic acids is 1. The van der Waals surface area contributed by atoms with Crippen LogP contribution >= 0.6 is 0 Å². The van der Waals surface area contributed by atoms with Crippen molar-refractivity contribution < 1.29 is 4.79 Å². The Morgan fingerprint density at radius 1 is 1.06 bits per heavy atom. The SMILES string of the molecule is Cc1ccc(-n2nc3c(N4CCC(C(=O)NCCC5=CCCCC5)CC4)nnc(C)c3c2C)cc1. The Balaban J connectivity index is 1.27. The summed E-state index contributed by atoms with van der Waals surface area (Å²) < 4.78 is 1.99. The first-order valence-corrected chi connectivity index (χ1v) is 13.0. The van der Waals surface area contributed by atoms with Crippen molar-refractivity contribution in [2.75, 3.05) is 24.5 Å². The van der Waals surface area contributed by atoms with Crippen molar-refractivity contribution in [3.63, 3.8) is 0 Å². The standard InChI is InChI=1S/C28H36N6O/c1-19-9-11-24(12-10-19)34-21(3)25-20(2)30-31-27(26(25)32-34)33-17-14-23(15-18-33)28(35)29-16-13-22-7-5-4-6-8-22/h7,9-12,23H,4-6,8,13-18H2,1-3H3,(H,29,35).